The second-order valence-corrected chi connectivity index (χ2v) is 8.29. The molecule has 0 spiro atoms. The van der Waals surface area contributed by atoms with E-state index in [1.54, 1.807) is 6.07 Å². The van der Waals surface area contributed by atoms with E-state index in [4.69, 9.17) is 32.9 Å². The first-order valence-corrected chi connectivity index (χ1v) is 10.5. The maximum atomic E-state index is 13.6. The molecule has 0 radical (unpaired) electrons. The molecule has 0 aliphatic carbocycles. The molecule has 2 aliphatic rings. The van der Waals surface area contributed by atoms with Crippen LogP contribution in [0.4, 0.5) is 4.39 Å². The third-order valence-corrected chi connectivity index (χ3v) is 6.14. The van der Waals surface area contributed by atoms with Gasteiger partial charge in [0, 0.05) is 59.5 Å². The Morgan fingerprint density at radius 3 is 2.77 bits per heavy atom. The Morgan fingerprint density at radius 1 is 1.10 bits per heavy atom. The number of fused-ring (bicyclic) bond motifs is 2. The van der Waals surface area contributed by atoms with E-state index in [0.29, 0.717) is 40.3 Å². The largest absolute Gasteiger partial charge is 0.488 e. The van der Waals surface area contributed by atoms with Gasteiger partial charge in [-0.05, 0) is 42.5 Å². The van der Waals surface area contributed by atoms with Gasteiger partial charge in [0.25, 0.3) is 0 Å². The summed E-state index contributed by atoms with van der Waals surface area (Å²) in [6, 6.07) is 12.0. The van der Waals surface area contributed by atoms with Crippen molar-refractivity contribution >= 4 is 28.2 Å². The molecular formula is C23H18Cl2FN3O. The Morgan fingerprint density at radius 2 is 1.93 bits per heavy atom. The van der Waals surface area contributed by atoms with Crippen LogP contribution in [0.2, 0.25) is 5.02 Å². The number of hydrogen-bond acceptors (Lipinski definition) is 4. The fourth-order valence-corrected chi connectivity index (χ4v) is 4.24. The summed E-state index contributed by atoms with van der Waals surface area (Å²) in [5.74, 6) is 1.01. The van der Waals surface area contributed by atoms with Crippen molar-refractivity contribution in [1.82, 2.24) is 14.9 Å². The van der Waals surface area contributed by atoms with Gasteiger partial charge >= 0.3 is 0 Å². The van der Waals surface area contributed by atoms with Gasteiger partial charge in [-0.1, -0.05) is 23.2 Å². The summed E-state index contributed by atoms with van der Waals surface area (Å²) < 4.78 is 19.4. The number of halogens is 3. The van der Waals surface area contributed by atoms with Crippen molar-refractivity contribution in [3.05, 3.63) is 81.9 Å². The Balaban J connectivity index is 1.34. The normalized spacial score (nSPS) is 16.1. The standard InChI is InChI=1S/C23H18Cl2FN3O/c24-17-3-1-14(2-4-17)23-27-10-15-11-29(8-7-20(15)28-23)12-16-13-30-21-6-5-18(26)9-19(21)22(16)25/h1-6,9-10H,7-8,11-13H2. The number of rotatable bonds is 3. The van der Waals surface area contributed by atoms with E-state index in [9.17, 15) is 4.39 Å². The first kappa shape index (κ1) is 19.5. The quantitative estimate of drug-likeness (QED) is 0.549. The molecule has 2 aliphatic heterocycles. The predicted octanol–water partition coefficient (Wildman–Crippen LogP) is 5.34. The smallest absolute Gasteiger partial charge is 0.159 e. The number of hydrogen-bond donors (Lipinski definition) is 0. The molecule has 0 amide bonds. The monoisotopic (exact) mass is 441 g/mol. The maximum Gasteiger partial charge on any atom is 0.159 e. The van der Waals surface area contributed by atoms with Crippen molar-refractivity contribution in [2.45, 2.75) is 13.0 Å². The molecule has 0 saturated heterocycles. The Kier molecular flexibility index (Phi) is 5.19. The summed E-state index contributed by atoms with van der Waals surface area (Å²) in [7, 11) is 0. The summed E-state index contributed by atoms with van der Waals surface area (Å²) in [4.78, 5) is 11.6. The van der Waals surface area contributed by atoms with Crippen LogP contribution in [-0.4, -0.2) is 34.6 Å². The number of ether oxygens (including phenoxy) is 1. The first-order valence-electron chi connectivity index (χ1n) is 9.70. The average molecular weight is 442 g/mol. The molecular weight excluding hydrogens is 424 g/mol. The highest BCUT2D eigenvalue weighted by Crippen LogP contribution is 2.36. The van der Waals surface area contributed by atoms with E-state index in [-0.39, 0.29) is 5.82 Å². The summed E-state index contributed by atoms with van der Waals surface area (Å²) >= 11 is 12.5. The van der Waals surface area contributed by atoms with Gasteiger partial charge in [-0.2, -0.15) is 0 Å². The van der Waals surface area contributed by atoms with E-state index in [1.807, 2.05) is 30.5 Å². The molecule has 7 heteroatoms. The topological polar surface area (TPSA) is 38.2 Å². The van der Waals surface area contributed by atoms with E-state index >= 15 is 0 Å². The van der Waals surface area contributed by atoms with Gasteiger partial charge in [0.2, 0.25) is 0 Å². The van der Waals surface area contributed by atoms with Gasteiger partial charge in [-0.15, -0.1) is 0 Å². The molecule has 2 aromatic carbocycles. The van der Waals surface area contributed by atoms with Crippen LogP contribution in [0.25, 0.3) is 16.4 Å². The summed E-state index contributed by atoms with van der Waals surface area (Å²) in [5, 5.41) is 1.27. The molecule has 3 aromatic rings. The minimum absolute atomic E-state index is 0.322. The lowest BCUT2D eigenvalue weighted by Gasteiger charge is -2.30. The van der Waals surface area contributed by atoms with Crippen molar-refractivity contribution in [1.29, 1.82) is 0 Å². The molecule has 152 valence electrons. The Hall–Kier alpha value is -2.47. The lowest BCUT2D eigenvalue weighted by Crippen LogP contribution is -2.34. The van der Waals surface area contributed by atoms with Crippen LogP contribution in [0.3, 0.4) is 0 Å². The SMILES string of the molecule is Fc1ccc2c(c1)C(Cl)=C(CN1CCc3nc(-c4ccc(Cl)cc4)ncc3C1)CO2. The first-order chi connectivity index (χ1) is 14.6. The molecule has 0 N–H and O–H groups in total. The predicted molar refractivity (Wildman–Crippen MR) is 116 cm³/mol. The van der Waals surface area contributed by atoms with Crippen molar-refractivity contribution in [2.75, 3.05) is 19.7 Å². The number of benzene rings is 2. The zero-order valence-electron chi connectivity index (χ0n) is 16.0. The van der Waals surface area contributed by atoms with Crippen LogP contribution >= 0.6 is 23.2 Å². The van der Waals surface area contributed by atoms with Crippen molar-refractivity contribution in [3.8, 4) is 17.1 Å². The molecule has 0 saturated carbocycles. The molecule has 5 rings (SSSR count). The van der Waals surface area contributed by atoms with Gasteiger partial charge in [-0.3, -0.25) is 4.90 Å². The van der Waals surface area contributed by atoms with Crippen molar-refractivity contribution < 1.29 is 9.13 Å². The van der Waals surface area contributed by atoms with Crippen LogP contribution in [0.5, 0.6) is 5.75 Å². The van der Waals surface area contributed by atoms with E-state index in [1.165, 1.54) is 12.1 Å². The van der Waals surface area contributed by atoms with E-state index < -0.39 is 0 Å². The molecule has 4 nitrogen and oxygen atoms in total. The molecule has 0 bridgehead atoms. The zero-order valence-corrected chi connectivity index (χ0v) is 17.5. The highest BCUT2D eigenvalue weighted by molar-refractivity contribution is 6.49. The van der Waals surface area contributed by atoms with Gasteiger partial charge in [0.05, 0.1) is 10.7 Å². The van der Waals surface area contributed by atoms with Crippen LogP contribution in [-0.2, 0) is 13.0 Å². The summed E-state index contributed by atoms with van der Waals surface area (Å²) in [6.07, 6.45) is 2.73. The van der Waals surface area contributed by atoms with Crippen LogP contribution in [0.1, 0.15) is 16.8 Å². The van der Waals surface area contributed by atoms with Crippen molar-refractivity contribution in [3.63, 3.8) is 0 Å². The van der Waals surface area contributed by atoms with Crippen LogP contribution in [0, 0.1) is 5.82 Å². The number of nitrogens with zero attached hydrogens (tertiary/aromatic N) is 3. The molecule has 30 heavy (non-hydrogen) atoms. The fraction of sp³-hybridized carbons (Fsp3) is 0.217. The van der Waals surface area contributed by atoms with Crippen molar-refractivity contribution in [2.24, 2.45) is 0 Å². The van der Waals surface area contributed by atoms with E-state index in [2.05, 4.69) is 9.88 Å². The van der Waals surface area contributed by atoms with Gasteiger partial charge < -0.3 is 4.74 Å². The van der Waals surface area contributed by atoms with Gasteiger partial charge in [0.15, 0.2) is 5.82 Å². The second kappa shape index (κ2) is 7.99. The molecule has 0 unspecified atom stereocenters. The Labute approximate surface area is 183 Å². The summed E-state index contributed by atoms with van der Waals surface area (Å²) in [5.41, 5.74) is 4.70. The lowest BCUT2D eigenvalue weighted by atomic mass is 10.0. The van der Waals surface area contributed by atoms with Gasteiger partial charge in [-0.25, -0.2) is 14.4 Å². The fourth-order valence-electron chi connectivity index (χ4n) is 3.85. The summed E-state index contributed by atoms with van der Waals surface area (Å²) in [6.45, 7) is 2.66. The molecule has 3 heterocycles. The van der Waals surface area contributed by atoms with Crippen LogP contribution < -0.4 is 4.74 Å². The van der Waals surface area contributed by atoms with Gasteiger partial charge in [0.1, 0.15) is 18.2 Å². The van der Waals surface area contributed by atoms with E-state index in [0.717, 1.165) is 41.9 Å². The highest BCUT2D eigenvalue weighted by atomic mass is 35.5. The zero-order chi connectivity index (χ0) is 20.7. The third-order valence-electron chi connectivity index (χ3n) is 5.42. The average Bonchev–Trinajstić information content (AvgIpc) is 2.76. The highest BCUT2D eigenvalue weighted by Gasteiger charge is 2.24. The lowest BCUT2D eigenvalue weighted by molar-refractivity contribution is 0.254. The number of aromatic nitrogens is 2. The van der Waals surface area contributed by atoms with Crippen LogP contribution in [0.15, 0.2) is 54.2 Å². The minimum atomic E-state index is -0.322. The Bertz CT molecular complexity index is 1150. The molecule has 0 atom stereocenters. The third kappa shape index (κ3) is 3.81. The molecule has 0 fully saturated rings. The maximum absolute atomic E-state index is 13.6. The minimum Gasteiger partial charge on any atom is -0.488 e. The second-order valence-electron chi connectivity index (χ2n) is 7.48. The molecule has 1 aromatic heterocycles.